The Morgan fingerprint density at radius 2 is 2.22 bits per heavy atom. The van der Waals surface area contributed by atoms with Gasteiger partial charge in [-0.3, -0.25) is 0 Å². The van der Waals surface area contributed by atoms with E-state index < -0.39 is 0 Å². The van der Waals surface area contributed by atoms with Gasteiger partial charge in [-0.05, 0) is 41.1 Å². The Morgan fingerprint density at radius 1 is 1.39 bits per heavy atom. The van der Waals surface area contributed by atoms with Gasteiger partial charge in [0.15, 0.2) is 0 Å². The van der Waals surface area contributed by atoms with Crippen molar-refractivity contribution in [3.63, 3.8) is 0 Å². The second-order valence-electron chi connectivity index (χ2n) is 3.65. The van der Waals surface area contributed by atoms with Crippen LogP contribution < -0.4 is 10.1 Å². The van der Waals surface area contributed by atoms with Gasteiger partial charge in [-0.25, -0.2) is 0 Å². The molecule has 18 heavy (non-hydrogen) atoms. The zero-order valence-electron chi connectivity index (χ0n) is 9.87. The first kappa shape index (κ1) is 13.7. The summed E-state index contributed by atoms with van der Waals surface area (Å²) >= 11 is 11.0. The minimum absolute atomic E-state index is 0.678. The monoisotopic (exact) mass is 345 g/mol. The summed E-state index contributed by atoms with van der Waals surface area (Å²) in [7, 11) is 0. The maximum atomic E-state index is 6.00. The molecule has 0 unspecified atom stereocenters. The molecule has 0 saturated carbocycles. The van der Waals surface area contributed by atoms with Crippen molar-refractivity contribution in [1.29, 1.82) is 0 Å². The number of nitrogens with one attached hydrogen (secondary N) is 1. The molecule has 0 atom stereocenters. The van der Waals surface area contributed by atoms with Crippen LogP contribution in [0.2, 0.25) is 4.34 Å². The molecule has 2 aromatic rings. The quantitative estimate of drug-likeness (QED) is 0.806. The second kappa shape index (κ2) is 6.45. The van der Waals surface area contributed by atoms with Gasteiger partial charge in [-0.15, -0.1) is 11.3 Å². The molecule has 2 rings (SSSR count). The third-order valence-corrected chi connectivity index (χ3v) is 4.78. The average Bonchev–Trinajstić information content (AvgIpc) is 2.67. The molecule has 5 heteroatoms. The molecule has 0 fully saturated rings. The normalized spacial score (nSPS) is 10.4. The Balaban J connectivity index is 1.99. The molecular weight excluding hydrogens is 334 g/mol. The van der Waals surface area contributed by atoms with E-state index in [0.717, 1.165) is 26.8 Å². The molecule has 0 aliphatic heterocycles. The minimum Gasteiger partial charge on any atom is -0.494 e. The van der Waals surface area contributed by atoms with Gasteiger partial charge in [0, 0.05) is 27.6 Å². The van der Waals surface area contributed by atoms with Crippen molar-refractivity contribution in [2.45, 2.75) is 13.5 Å². The largest absolute Gasteiger partial charge is 0.494 e. The van der Waals surface area contributed by atoms with Gasteiger partial charge in [0.05, 0.1) is 6.61 Å². The highest BCUT2D eigenvalue weighted by atomic mass is 79.9. The molecule has 1 N–H and O–H groups in total. The highest BCUT2D eigenvalue weighted by Crippen LogP contribution is 2.32. The first-order chi connectivity index (χ1) is 8.69. The zero-order valence-corrected chi connectivity index (χ0v) is 13.0. The Kier molecular flexibility index (Phi) is 4.92. The smallest absolute Gasteiger partial charge is 0.121 e. The van der Waals surface area contributed by atoms with Crippen LogP contribution in [-0.4, -0.2) is 6.61 Å². The average molecular weight is 347 g/mol. The van der Waals surface area contributed by atoms with E-state index in [0.29, 0.717) is 6.61 Å². The lowest BCUT2D eigenvalue weighted by Crippen LogP contribution is -1.98. The number of thiophene rings is 1. The number of ether oxygens (including phenoxy) is 1. The molecular formula is C13H13BrClNOS. The van der Waals surface area contributed by atoms with Gasteiger partial charge in [0.25, 0.3) is 0 Å². The van der Waals surface area contributed by atoms with E-state index in [9.17, 15) is 0 Å². The van der Waals surface area contributed by atoms with Crippen LogP contribution in [0.25, 0.3) is 0 Å². The summed E-state index contributed by atoms with van der Waals surface area (Å²) in [6.07, 6.45) is 0. The molecule has 0 radical (unpaired) electrons. The fraction of sp³-hybridized carbons (Fsp3) is 0.231. The number of hydrogen-bond acceptors (Lipinski definition) is 3. The lowest BCUT2D eigenvalue weighted by atomic mass is 10.3. The van der Waals surface area contributed by atoms with E-state index in [1.165, 1.54) is 4.88 Å². The molecule has 1 heterocycles. The molecule has 96 valence electrons. The Bertz CT molecular complexity index is 510. The second-order valence-corrected chi connectivity index (χ2v) is 6.24. The van der Waals surface area contributed by atoms with Gasteiger partial charge in [0.2, 0.25) is 0 Å². The lowest BCUT2D eigenvalue weighted by molar-refractivity contribution is 0.340. The van der Waals surface area contributed by atoms with Crippen LogP contribution in [-0.2, 0) is 6.54 Å². The van der Waals surface area contributed by atoms with Gasteiger partial charge >= 0.3 is 0 Å². The van der Waals surface area contributed by atoms with Crippen LogP contribution in [0.4, 0.5) is 5.69 Å². The van der Waals surface area contributed by atoms with Crippen molar-refractivity contribution < 1.29 is 4.74 Å². The highest BCUT2D eigenvalue weighted by Gasteiger charge is 2.04. The summed E-state index contributed by atoms with van der Waals surface area (Å²) in [4.78, 5) is 1.19. The summed E-state index contributed by atoms with van der Waals surface area (Å²) in [5.41, 5.74) is 1.04. The number of anilines is 1. The van der Waals surface area contributed by atoms with Crippen LogP contribution >= 0.6 is 38.9 Å². The van der Waals surface area contributed by atoms with Crippen LogP contribution in [0, 0.1) is 0 Å². The Morgan fingerprint density at radius 3 is 2.89 bits per heavy atom. The first-order valence-corrected chi connectivity index (χ1v) is 7.58. The summed E-state index contributed by atoms with van der Waals surface area (Å²) in [6, 6.07) is 9.98. The van der Waals surface area contributed by atoms with Crippen molar-refractivity contribution >= 4 is 44.6 Å². The van der Waals surface area contributed by atoms with Crippen LogP contribution in [0.1, 0.15) is 11.8 Å². The predicted molar refractivity (Wildman–Crippen MR) is 82.0 cm³/mol. The van der Waals surface area contributed by atoms with Gasteiger partial charge in [0.1, 0.15) is 10.1 Å². The van der Waals surface area contributed by atoms with Crippen molar-refractivity contribution in [3.05, 3.63) is 44.0 Å². The lowest BCUT2D eigenvalue weighted by Gasteiger charge is -2.07. The molecule has 0 bridgehead atoms. The van der Waals surface area contributed by atoms with Crippen molar-refractivity contribution in [2.24, 2.45) is 0 Å². The zero-order chi connectivity index (χ0) is 13.0. The fourth-order valence-electron chi connectivity index (χ4n) is 1.53. The molecule has 0 aliphatic carbocycles. The molecule has 0 amide bonds. The number of rotatable bonds is 5. The summed E-state index contributed by atoms with van der Waals surface area (Å²) < 4.78 is 7.20. The molecule has 0 aliphatic rings. The van der Waals surface area contributed by atoms with E-state index in [4.69, 9.17) is 16.3 Å². The van der Waals surface area contributed by atoms with Crippen LogP contribution in [0.15, 0.2) is 34.8 Å². The first-order valence-electron chi connectivity index (χ1n) is 5.59. The van der Waals surface area contributed by atoms with Gasteiger partial charge in [-0.1, -0.05) is 17.7 Å². The van der Waals surface area contributed by atoms with E-state index in [1.807, 2.05) is 37.3 Å². The molecule has 0 spiro atoms. The van der Waals surface area contributed by atoms with Crippen molar-refractivity contribution in [2.75, 3.05) is 11.9 Å². The highest BCUT2D eigenvalue weighted by molar-refractivity contribution is 9.10. The number of halogens is 2. The fourth-order valence-corrected chi connectivity index (χ4v) is 3.26. The maximum Gasteiger partial charge on any atom is 0.121 e. The Hall–Kier alpha value is -0.710. The van der Waals surface area contributed by atoms with E-state index in [-0.39, 0.29) is 0 Å². The summed E-state index contributed by atoms with van der Waals surface area (Å²) in [5, 5.41) is 3.35. The third-order valence-electron chi connectivity index (χ3n) is 2.31. The van der Waals surface area contributed by atoms with Crippen molar-refractivity contribution in [3.8, 4) is 5.75 Å². The van der Waals surface area contributed by atoms with Gasteiger partial charge in [-0.2, -0.15) is 0 Å². The SMILES string of the molecule is CCOc1cccc(NCc2cc(Br)c(Cl)s2)c1. The maximum absolute atomic E-state index is 6.00. The van der Waals surface area contributed by atoms with Gasteiger partial charge < -0.3 is 10.1 Å². The minimum atomic E-state index is 0.678. The standard InChI is InChI=1S/C13H13BrClNOS/c1-2-17-10-5-3-4-9(6-10)16-8-11-7-12(14)13(15)18-11/h3-7,16H,2,8H2,1H3. The Labute approximate surface area is 124 Å². The summed E-state index contributed by atoms with van der Waals surface area (Å²) in [5.74, 6) is 0.882. The van der Waals surface area contributed by atoms with Crippen LogP contribution in [0.5, 0.6) is 5.75 Å². The predicted octanol–water partition coefficient (Wildman–Crippen LogP) is 5.17. The van der Waals surface area contributed by atoms with Crippen LogP contribution in [0.3, 0.4) is 0 Å². The van der Waals surface area contributed by atoms with E-state index >= 15 is 0 Å². The topological polar surface area (TPSA) is 21.3 Å². The van der Waals surface area contributed by atoms with E-state index in [1.54, 1.807) is 11.3 Å². The molecule has 1 aromatic heterocycles. The molecule has 1 aromatic carbocycles. The summed E-state index contributed by atoms with van der Waals surface area (Å²) in [6.45, 7) is 3.41. The van der Waals surface area contributed by atoms with Crippen molar-refractivity contribution in [1.82, 2.24) is 0 Å². The molecule has 2 nitrogen and oxygen atoms in total. The number of hydrogen-bond donors (Lipinski definition) is 1. The molecule has 0 saturated heterocycles. The van der Waals surface area contributed by atoms with E-state index in [2.05, 4.69) is 21.2 Å². The number of benzene rings is 1. The third kappa shape index (κ3) is 3.64.